The second kappa shape index (κ2) is 6.06. The Bertz CT molecular complexity index is 421. The van der Waals surface area contributed by atoms with E-state index in [1.807, 2.05) is 35.0 Å². The van der Waals surface area contributed by atoms with Crippen LogP contribution >= 0.6 is 0 Å². The van der Waals surface area contributed by atoms with Crippen molar-refractivity contribution in [2.45, 2.75) is 19.4 Å². The Kier molecular flexibility index (Phi) is 4.43. The predicted octanol–water partition coefficient (Wildman–Crippen LogP) is 2.08. The normalized spacial score (nSPS) is 21.6. The zero-order valence-corrected chi connectivity index (χ0v) is 11.7. The molecule has 0 spiro atoms. The van der Waals surface area contributed by atoms with Crippen LogP contribution in [-0.2, 0) is 0 Å². The Morgan fingerprint density at radius 1 is 1.32 bits per heavy atom. The van der Waals surface area contributed by atoms with Crippen LogP contribution in [0.5, 0.6) is 0 Å². The highest BCUT2D eigenvalue weighted by molar-refractivity contribution is 5.75. The van der Waals surface area contributed by atoms with Crippen molar-refractivity contribution in [2.24, 2.45) is 11.7 Å². The van der Waals surface area contributed by atoms with E-state index in [1.54, 1.807) is 0 Å². The maximum atomic E-state index is 12.3. The lowest BCUT2D eigenvalue weighted by Crippen LogP contribution is -2.52. The lowest BCUT2D eigenvalue weighted by molar-refractivity contribution is 0.0943. The first-order valence-electron chi connectivity index (χ1n) is 6.90. The van der Waals surface area contributed by atoms with Crippen LogP contribution in [0.25, 0.3) is 0 Å². The van der Waals surface area contributed by atoms with Crippen molar-refractivity contribution in [3.63, 3.8) is 0 Å². The van der Waals surface area contributed by atoms with E-state index < -0.39 is 0 Å². The molecule has 1 aromatic carbocycles. The Hall–Kier alpha value is -1.55. The summed E-state index contributed by atoms with van der Waals surface area (Å²) < 4.78 is 0. The van der Waals surface area contributed by atoms with Gasteiger partial charge in [-0.15, -0.1) is 0 Å². The summed E-state index contributed by atoms with van der Waals surface area (Å²) in [5.74, 6) is 0.471. The molecule has 1 saturated heterocycles. The zero-order valence-electron chi connectivity index (χ0n) is 11.7. The second-order valence-electron chi connectivity index (χ2n) is 5.35. The van der Waals surface area contributed by atoms with Crippen LogP contribution in [0.3, 0.4) is 0 Å². The first-order chi connectivity index (χ1) is 9.13. The number of carbonyl (C=O) groups is 1. The number of carbonyl (C=O) groups excluding carboxylic acids is 1. The molecule has 104 valence electrons. The molecule has 1 aliphatic rings. The van der Waals surface area contributed by atoms with Crippen LogP contribution in [-0.4, -0.2) is 42.5 Å². The van der Waals surface area contributed by atoms with Crippen molar-refractivity contribution >= 4 is 6.03 Å². The molecule has 2 amide bonds. The maximum Gasteiger partial charge on any atom is 0.320 e. The van der Waals surface area contributed by atoms with Gasteiger partial charge in [-0.25, -0.2) is 4.79 Å². The van der Waals surface area contributed by atoms with Gasteiger partial charge in [-0.1, -0.05) is 30.3 Å². The molecule has 0 aliphatic carbocycles. The number of rotatable bonds is 4. The van der Waals surface area contributed by atoms with Crippen molar-refractivity contribution in [3.05, 3.63) is 35.9 Å². The Morgan fingerprint density at radius 3 is 2.63 bits per heavy atom. The van der Waals surface area contributed by atoms with Crippen LogP contribution in [0.1, 0.15) is 24.9 Å². The molecule has 0 saturated carbocycles. The Morgan fingerprint density at radius 2 is 2.00 bits per heavy atom. The smallest absolute Gasteiger partial charge is 0.320 e. The van der Waals surface area contributed by atoms with Gasteiger partial charge >= 0.3 is 6.03 Å². The average Bonchev–Trinajstić information content (AvgIpc) is 2.43. The lowest BCUT2D eigenvalue weighted by atomic mass is 9.99. The Labute approximate surface area is 115 Å². The number of nitrogens with two attached hydrogens (primary N) is 1. The molecule has 1 aromatic rings. The van der Waals surface area contributed by atoms with Crippen molar-refractivity contribution < 1.29 is 4.79 Å². The molecule has 2 N–H and O–H groups in total. The van der Waals surface area contributed by atoms with E-state index >= 15 is 0 Å². The van der Waals surface area contributed by atoms with Gasteiger partial charge < -0.3 is 15.5 Å². The maximum absolute atomic E-state index is 12.3. The van der Waals surface area contributed by atoms with E-state index in [4.69, 9.17) is 5.73 Å². The minimum atomic E-state index is 0.108. The standard InChI is InChI=1S/C15H23N3O/c1-12(14-6-4-3-5-7-14)18-11-13(8-9-16)10-17(2)15(18)19/h3-7,12-13H,8-11,16H2,1-2H3. The molecule has 0 aromatic heterocycles. The van der Waals surface area contributed by atoms with Gasteiger partial charge in [0, 0.05) is 20.1 Å². The minimum Gasteiger partial charge on any atom is -0.330 e. The molecular formula is C15H23N3O. The van der Waals surface area contributed by atoms with Gasteiger partial charge in [-0.05, 0) is 31.4 Å². The van der Waals surface area contributed by atoms with Gasteiger partial charge in [0.2, 0.25) is 0 Å². The molecule has 4 nitrogen and oxygen atoms in total. The number of urea groups is 1. The van der Waals surface area contributed by atoms with Gasteiger partial charge in [0.15, 0.2) is 0 Å². The highest BCUT2D eigenvalue weighted by Gasteiger charge is 2.32. The van der Waals surface area contributed by atoms with Gasteiger partial charge in [0.05, 0.1) is 6.04 Å². The number of amides is 2. The van der Waals surface area contributed by atoms with Crippen molar-refractivity contribution in [2.75, 3.05) is 26.7 Å². The summed E-state index contributed by atoms with van der Waals surface area (Å²) in [4.78, 5) is 16.1. The molecule has 0 radical (unpaired) electrons. The van der Waals surface area contributed by atoms with Gasteiger partial charge in [-0.2, -0.15) is 0 Å². The summed E-state index contributed by atoms with van der Waals surface area (Å²) in [5, 5.41) is 0. The zero-order chi connectivity index (χ0) is 13.8. The monoisotopic (exact) mass is 261 g/mol. The molecule has 1 fully saturated rings. The number of hydrogen-bond acceptors (Lipinski definition) is 2. The highest BCUT2D eigenvalue weighted by atomic mass is 16.2. The van der Waals surface area contributed by atoms with Crippen molar-refractivity contribution in [1.29, 1.82) is 0 Å². The Balaban J connectivity index is 2.14. The molecule has 2 rings (SSSR count). The molecule has 0 bridgehead atoms. The number of nitrogens with zero attached hydrogens (tertiary/aromatic N) is 2. The summed E-state index contributed by atoms with van der Waals surface area (Å²) in [5.41, 5.74) is 6.83. The van der Waals surface area contributed by atoms with E-state index in [9.17, 15) is 4.79 Å². The minimum absolute atomic E-state index is 0.108. The number of benzene rings is 1. The summed E-state index contributed by atoms with van der Waals surface area (Å²) in [7, 11) is 1.87. The molecular weight excluding hydrogens is 238 g/mol. The van der Waals surface area contributed by atoms with Crippen LogP contribution < -0.4 is 5.73 Å². The third-order valence-electron chi connectivity index (χ3n) is 3.88. The van der Waals surface area contributed by atoms with Crippen molar-refractivity contribution in [1.82, 2.24) is 9.80 Å². The lowest BCUT2D eigenvalue weighted by Gasteiger charge is -2.41. The van der Waals surface area contributed by atoms with E-state index in [0.717, 1.165) is 19.5 Å². The third kappa shape index (κ3) is 3.07. The fraction of sp³-hybridized carbons (Fsp3) is 0.533. The molecule has 2 atom stereocenters. The van der Waals surface area contributed by atoms with Gasteiger partial charge in [0.1, 0.15) is 0 Å². The van der Waals surface area contributed by atoms with E-state index in [-0.39, 0.29) is 12.1 Å². The van der Waals surface area contributed by atoms with Crippen LogP contribution in [0, 0.1) is 5.92 Å². The second-order valence-corrected chi connectivity index (χ2v) is 5.35. The first-order valence-corrected chi connectivity index (χ1v) is 6.90. The molecule has 4 heteroatoms. The molecule has 1 heterocycles. The predicted molar refractivity (Wildman–Crippen MR) is 76.8 cm³/mol. The quantitative estimate of drug-likeness (QED) is 0.902. The van der Waals surface area contributed by atoms with Crippen LogP contribution in [0.15, 0.2) is 30.3 Å². The third-order valence-corrected chi connectivity index (χ3v) is 3.88. The van der Waals surface area contributed by atoms with Crippen LogP contribution in [0.4, 0.5) is 4.79 Å². The molecule has 19 heavy (non-hydrogen) atoms. The topological polar surface area (TPSA) is 49.6 Å². The van der Waals surface area contributed by atoms with Gasteiger partial charge in [0.25, 0.3) is 0 Å². The fourth-order valence-corrected chi connectivity index (χ4v) is 2.75. The fourth-order valence-electron chi connectivity index (χ4n) is 2.75. The SMILES string of the molecule is CC(c1ccccc1)N1CC(CCN)CN(C)C1=O. The number of hydrogen-bond donors (Lipinski definition) is 1. The van der Waals surface area contributed by atoms with E-state index in [0.29, 0.717) is 12.5 Å². The summed E-state index contributed by atoms with van der Waals surface area (Å²) in [6.45, 7) is 4.39. The molecule has 1 aliphatic heterocycles. The highest BCUT2D eigenvalue weighted by Crippen LogP contribution is 2.26. The van der Waals surface area contributed by atoms with Gasteiger partial charge in [-0.3, -0.25) is 0 Å². The summed E-state index contributed by atoms with van der Waals surface area (Å²) >= 11 is 0. The van der Waals surface area contributed by atoms with Crippen LogP contribution in [0.2, 0.25) is 0 Å². The van der Waals surface area contributed by atoms with Crippen molar-refractivity contribution in [3.8, 4) is 0 Å². The van der Waals surface area contributed by atoms with E-state index in [1.165, 1.54) is 5.56 Å². The summed E-state index contributed by atoms with van der Waals surface area (Å²) in [6, 6.07) is 10.4. The largest absolute Gasteiger partial charge is 0.330 e. The summed E-state index contributed by atoms with van der Waals surface area (Å²) in [6.07, 6.45) is 0.968. The molecule has 2 unspecified atom stereocenters. The first kappa shape index (κ1) is 13.9. The van der Waals surface area contributed by atoms with E-state index in [2.05, 4.69) is 19.1 Å². The average molecular weight is 261 g/mol.